The first-order valence-electron chi connectivity index (χ1n) is 20.4. The number of hydrogen-bond donors (Lipinski definition) is 3. The highest BCUT2D eigenvalue weighted by Crippen LogP contribution is 2.38. The maximum Gasteiger partial charge on any atom is 0.268 e. The van der Waals surface area contributed by atoms with E-state index in [-0.39, 0.29) is 25.0 Å². The first-order valence-corrected chi connectivity index (χ1v) is 21.8. The summed E-state index contributed by atoms with van der Waals surface area (Å²) < 4.78 is 23.1. The van der Waals surface area contributed by atoms with Gasteiger partial charge in [-0.05, 0) is 77.0 Å². The molecule has 0 bridgehead atoms. The van der Waals surface area contributed by atoms with Crippen molar-refractivity contribution >= 4 is 13.7 Å². The Balaban J connectivity index is 4.64. The zero-order chi connectivity index (χ0) is 39.5. The van der Waals surface area contributed by atoms with E-state index in [0.29, 0.717) is 23.9 Å². The quantitative estimate of drug-likeness (QED) is 0.0254. The van der Waals surface area contributed by atoms with E-state index in [4.69, 9.17) is 9.05 Å². The van der Waals surface area contributed by atoms with E-state index in [9.17, 15) is 24.5 Å². The number of aliphatic hydroxyl groups is 2. The molecule has 53 heavy (non-hydrogen) atoms. The molecule has 1 amide bonds. The van der Waals surface area contributed by atoms with Crippen LogP contribution < -0.4 is 10.2 Å². The van der Waals surface area contributed by atoms with Crippen LogP contribution in [0.4, 0.5) is 0 Å². The Labute approximate surface area is 324 Å². The number of carbonyl (C=O) groups excluding carboxylic acids is 1. The van der Waals surface area contributed by atoms with E-state index >= 15 is 0 Å². The van der Waals surface area contributed by atoms with Crippen molar-refractivity contribution in [3.8, 4) is 0 Å². The highest BCUT2D eigenvalue weighted by molar-refractivity contribution is 7.45. The highest BCUT2D eigenvalue weighted by Gasteiger charge is 2.23. The monoisotopic (exact) mass is 765 g/mol. The Hall–Kier alpha value is -2.10. The number of rotatable bonds is 35. The van der Waals surface area contributed by atoms with Crippen LogP contribution >= 0.6 is 7.82 Å². The Morgan fingerprint density at radius 1 is 0.717 bits per heavy atom. The van der Waals surface area contributed by atoms with Crippen LogP contribution in [-0.2, 0) is 18.4 Å². The first kappa shape index (κ1) is 50.9. The molecule has 0 radical (unpaired) electrons. The number of aliphatic hydroxyl groups excluding tert-OH is 2. The van der Waals surface area contributed by atoms with Gasteiger partial charge in [-0.15, -0.1) is 0 Å². The van der Waals surface area contributed by atoms with Crippen LogP contribution in [0, 0.1) is 0 Å². The zero-order valence-corrected chi connectivity index (χ0v) is 34.9. The molecule has 306 valence electrons. The molecular formula is C43H77N2O7P. The summed E-state index contributed by atoms with van der Waals surface area (Å²) >= 11 is 0. The van der Waals surface area contributed by atoms with Crippen molar-refractivity contribution in [2.45, 2.75) is 154 Å². The molecule has 0 spiro atoms. The summed E-state index contributed by atoms with van der Waals surface area (Å²) in [6.07, 6.45) is 41.5. The van der Waals surface area contributed by atoms with Crippen molar-refractivity contribution < 1.29 is 38.0 Å². The largest absolute Gasteiger partial charge is 0.756 e. The summed E-state index contributed by atoms with van der Waals surface area (Å²) in [6.45, 7) is 4.30. The number of carbonyl (C=O) groups is 1. The number of hydrogen-bond acceptors (Lipinski definition) is 7. The van der Waals surface area contributed by atoms with Crippen LogP contribution in [0.3, 0.4) is 0 Å². The third-order valence-electron chi connectivity index (χ3n) is 8.42. The minimum absolute atomic E-state index is 0.0235. The van der Waals surface area contributed by atoms with Gasteiger partial charge in [-0.3, -0.25) is 9.36 Å². The molecule has 0 rings (SSSR count). The topological polar surface area (TPSA) is 128 Å². The van der Waals surface area contributed by atoms with Crippen molar-refractivity contribution in [3.63, 3.8) is 0 Å². The smallest absolute Gasteiger partial charge is 0.268 e. The number of nitrogens with one attached hydrogen (secondary N) is 1. The van der Waals surface area contributed by atoms with E-state index < -0.39 is 26.6 Å². The standard InChI is InChI=1S/C43H77N2O7P/c1-6-8-9-10-11-12-13-15-19-22-25-28-31-35-42(47)41(39-52-53(49,50)51-38-37-45(3,4)5)44-43(48)36-32-29-26-23-20-17-14-16-18-21-24-27-30-34-40(46)33-7-2/h9-10,14,17-18,21,23,26-27,30-31,35,40-42,46-47H,6-8,11-13,15-16,19-20,22,24-25,28-29,32-34,36-39H2,1-5H3,(H-,44,48,49,50)/b10-9-,17-14-,21-18-,26-23-,30-27-,35-31+/t40?,41-,42+/m0/s1. The normalized spacial score (nSPS) is 15.8. The number of unbranched alkanes of at least 4 members (excludes halogenated alkanes) is 9. The van der Waals surface area contributed by atoms with Crippen molar-refractivity contribution in [1.82, 2.24) is 5.32 Å². The average molecular weight is 765 g/mol. The maximum atomic E-state index is 12.8. The summed E-state index contributed by atoms with van der Waals surface area (Å²) in [5, 5.41) is 23.4. The molecule has 2 unspecified atom stereocenters. The van der Waals surface area contributed by atoms with Crippen LogP contribution in [-0.4, -0.2) is 79.8 Å². The second-order valence-corrected chi connectivity index (χ2v) is 16.2. The molecule has 0 aromatic rings. The van der Waals surface area contributed by atoms with Crippen LogP contribution in [0.1, 0.15) is 136 Å². The molecular weight excluding hydrogens is 687 g/mol. The van der Waals surface area contributed by atoms with E-state index in [2.05, 4.69) is 73.8 Å². The second-order valence-electron chi connectivity index (χ2n) is 14.8. The second kappa shape index (κ2) is 34.4. The van der Waals surface area contributed by atoms with E-state index in [1.165, 1.54) is 32.1 Å². The van der Waals surface area contributed by atoms with E-state index in [1.807, 2.05) is 33.3 Å². The summed E-state index contributed by atoms with van der Waals surface area (Å²) in [7, 11) is 1.18. The molecule has 0 saturated carbocycles. The molecule has 10 heteroatoms. The highest BCUT2D eigenvalue weighted by atomic mass is 31.2. The van der Waals surface area contributed by atoms with Crippen molar-refractivity contribution in [1.29, 1.82) is 0 Å². The fourth-order valence-electron chi connectivity index (χ4n) is 5.16. The average Bonchev–Trinajstić information content (AvgIpc) is 3.09. The maximum absolute atomic E-state index is 12.8. The van der Waals surface area contributed by atoms with Gasteiger partial charge in [0, 0.05) is 6.42 Å². The lowest BCUT2D eigenvalue weighted by molar-refractivity contribution is -0.870. The molecule has 0 saturated heterocycles. The predicted molar refractivity (Wildman–Crippen MR) is 220 cm³/mol. The molecule has 0 aliphatic carbocycles. The third-order valence-corrected chi connectivity index (χ3v) is 9.38. The Bertz CT molecular complexity index is 1110. The van der Waals surface area contributed by atoms with Gasteiger partial charge in [0.25, 0.3) is 7.82 Å². The number of nitrogens with zero attached hydrogens (tertiary/aromatic N) is 1. The summed E-state index contributed by atoms with van der Waals surface area (Å²) in [4.78, 5) is 25.2. The van der Waals surface area contributed by atoms with Gasteiger partial charge in [-0.2, -0.15) is 0 Å². The fourth-order valence-corrected chi connectivity index (χ4v) is 5.88. The molecule has 0 aliphatic rings. The predicted octanol–water partition coefficient (Wildman–Crippen LogP) is 9.19. The lowest BCUT2D eigenvalue weighted by Crippen LogP contribution is -2.45. The SMILES string of the molecule is CCC/C=C\CCCCCCCC/C=C/[C@@H](O)[C@H](COP(=O)([O-])OCC[N+](C)(C)C)NC(=O)CCC/C=C\C/C=C\C/C=C\C/C=C\CC(O)CCC. The van der Waals surface area contributed by atoms with Gasteiger partial charge in [0.1, 0.15) is 13.2 Å². The number of allylic oxidation sites excluding steroid dienone is 10. The number of likely N-dealkylation sites (N-methyl/N-ethyl adjacent to an activating group) is 1. The van der Waals surface area contributed by atoms with Crippen molar-refractivity contribution in [2.24, 2.45) is 0 Å². The molecule has 0 aliphatic heterocycles. The van der Waals surface area contributed by atoms with Crippen molar-refractivity contribution in [3.05, 3.63) is 72.9 Å². The number of amides is 1. The van der Waals surface area contributed by atoms with Crippen LogP contribution in [0.15, 0.2) is 72.9 Å². The molecule has 9 nitrogen and oxygen atoms in total. The van der Waals surface area contributed by atoms with E-state index in [1.54, 1.807) is 6.08 Å². The van der Waals surface area contributed by atoms with Gasteiger partial charge in [0.15, 0.2) is 0 Å². The molecule has 0 heterocycles. The van der Waals surface area contributed by atoms with Crippen LogP contribution in [0.25, 0.3) is 0 Å². The number of quaternary nitrogens is 1. The Morgan fingerprint density at radius 2 is 1.25 bits per heavy atom. The van der Waals surface area contributed by atoms with Crippen LogP contribution in [0.5, 0.6) is 0 Å². The Morgan fingerprint density at radius 3 is 1.85 bits per heavy atom. The minimum atomic E-state index is -4.61. The lowest BCUT2D eigenvalue weighted by Gasteiger charge is -2.29. The summed E-state index contributed by atoms with van der Waals surface area (Å²) in [5.74, 6) is -0.273. The van der Waals surface area contributed by atoms with Crippen molar-refractivity contribution in [2.75, 3.05) is 40.9 Å². The van der Waals surface area contributed by atoms with Gasteiger partial charge < -0.3 is 34.0 Å². The molecule has 4 atom stereocenters. The summed E-state index contributed by atoms with van der Waals surface area (Å²) in [6, 6.07) is -0.932. The zero-order valence-electron chi connectivity index (χ0n) is 34.0. The first-order chi connectivity index (χ1) is 25.4. The van der Waals surface area contributed by atoms with Gasteiger partial charge in [-0.1, -0.05) is 125 Å². The van der Waals surface area contributed by atoms with E-state index in [0.717, 1.165) is 70.6 Å². The fraction of sp³-hybridized carbons (Fsp3) is 0.698. The van der Waals surface area contributed by atoms with Gasteiger partial charge in [-0.25, -0.2) is 0 Å². The number of phosphoric acid groups is 1. The van der Waals surface area contributed by atoms with Crippen LogP contribution in [0.2, 0.25) is 0 Å². The molecule has 0 aromatic carbocycles. The molecule has 3 N–H and O–H groups in total. The van der Waals surface area contributed by atoms with Gasteiger partial charge >= 0.3 is 0 Å². The molecule has 0 aromatic heterocycles. The minimum Gasteiger partial charge on any atom is -0.756 e. The van der Waals surface area contributed by atoms with Gasteiger partial charge in [0.05, 0.1) is 46.0 Å². The Kier molecular flexibility index (Phi) is 33.0. The summed E-state index contributed by atoms with van der Waals surface area (Å²) in [5.41, 5.74) is 0. The number of phosphoric ester groups is 1. The van der Waals surface area contributed by atoms with Gasteiger partial charge in [0.2, 0.25) is 5.91 Å². The third kappa shape index (κ3) is 36.6. The lowest BCUT2D eigenvalue weighted by atomic mass is 10.1. The molecule has 0 fully saturated rings.